The largest absolute Gasteiger partial charge is 0.493 e. The van der Waals surface area contributed by atoms with Gasteiger partial charge in [0.15, 0.2) is 22.9 Å². The number of ether oxygens (including phenoxy) is 5. The Morgan fingerprint density at radius 3 is 2.21 bits per heavy atom. The maximum atomic E-state index is 13.7. The molecule has 0 amide bonds. The van der Waals surface area contributed by atoms with Crippen molar-refractivity contribution in [2.75, 3.05) is 13.7 Å². The number of rotatable bonds is 10. The average molecular weight is 731 g/mol. The van der Waals surface area contributed by atoms with Gasteiger partial charge in [0.05, 0.1) is 25.6 Å². The van der Waals surface area contributed by atoms with Crippen molar-refractivity contribution >= 4 is 29.7 Å². The van der Waals surface area contributed by atoms with Gasteiger partial charge in [0.25, 0.3) is 0 Å². The number of Topliss-reactive ketones (excluding diaryl/α,β-unsaturated/α-hetero) is 1. The van der Waals surface area contributed by atoms with Crippen LogP contribution in [0, 0.1) is 29.1 Å². The molecule has 4 aliphatic rings. The third kappa shape index (κ3) is 6.25. The number of benzene rings is 2. The molecule has 0 radical (unpaired) electrons. The zero-order valence-electron chi connectivity index (χ0n) is 31.0. The Balaban J connectivity index is 1.34. The summed E-state index contributed by atoms with van der Waals surface area (Å²) in [6, 6.07) is 13.7. The highest BCUT2D eigenvalue weighted by Crippen LogP contribution is 2.77. The molecule has 8 atom stereocenters. The molecule has 12 heteroatoms. The van der Waals surface area contributed by atoms with Gasteiger partial charge in [0, 0.05) is 49.4 Å². The van der Waals surface area contributed by atoms with Gasteiger partial charge in [-0.05, 0) is 41.3 Å². The molecule has 2 aromatic carbocycles. The van der Waals surface area contributed by atoms with E-state index in [0.29, 0.717) is 11.1 Å². The van der Waals surface area contributed by atoms with Crippen LogP contribution in [0.25, 0.3) is 0 Å². The van der Waals surface area contributed by atoms with Crippen LogP contribution >= 0.6 is 0 Å². The molecule has 0 bridgehead atoms. The Morgan fingerprint density at radius 2 is 1.57 bits per heavy atom. The van der Waals surface area contributed by atoms with Gasteiger partial charge in [-0.3, -0.25) is 24.0 Å². The number of fused-ring (bicyclic) bond motifs is 5. The third-order valence-electron chi connectivity index (χ3n) is 11.8. The smallest absolute Gasteiger partial charge is 0.310 e. The molecule has 0 unspecified atom stereocenters. The van der Waals surface area contributed by atoms with E-state index in [1.165, 1.54) is 27.0 Å². The molecule has 0 aliphatic heterocycles. The highest BCUT2D eigenvalue weighted by atomic mass is 16.6. The number of hydrogen-bond acceptors (Lipinski definition) is 12. The van der Waals surface area contributed by atoms with Gasteiger partial charge in [-0.25, -0.2) is 0 Å². The summed E-state index contributed by atoms with van der Waals surface area (Å²) in [6.45, 7) is 9.27. The number of esters is 4. The number of ketones is 1. The van der Waals surface area contributed by atoms with Gasteiger partial charge in [-0.15, -0.1) is 0 Å². The summed E-state index contributed by atoms with van der Waals surface area (Å²) in [4.78, 5) is 64.7. The van der Waals surface area contributed by atoms with E-state index in [1.54, 1.807) is 62.4 Å². The molecule has 2 saturated carbocycles. The standard InChI is InChI=1S/C41H46O12/c1-22-15-32-39(47,36(22)46)20-28(21-50-33(44)19-27-13-14-30(51-24(3)42)31(17-27)49-7)16-29-35-38(5,6)41(35,53-25(4)43)37(23(2)40(29,32)48)52-34(45)18-26-11-9-8-10-12-26/h8-17,23,29,32,35,37,47-48H,18-21H2,1-7H3/t23-,29+,32-,35-,37-,39-,40-,41-/m1/s1. The molecule has 0 aromatic heterocycles. The summed E-state index contributed by atoms with van der Waals surface area (Å²) in [5.41, 5.74) is -4.23. The molecule has 53 heavy (non-hydrogen) atoms. The molecular weight excluding hydrogens is 684 g/mol. The quantitative estimate of drug-likeness (QED) is 0.156. The molecule has 0 saturated heterocycles. The van der Waals surface area contributed by atoms with Crippen LogP contribution in [0.5, 0.6) is 11.5 Å². The molecule has 2 N–H and O–H groups in total. The van der Waals surface area contributed by atoms with E-state index in [4.69, 9.17) is 23.7 Å². The predicted molar refractivity (Wildman–Crippen MR) is 188 cm³/mol. The highest BCUT2D eigenvalue weighted by Gasteiger charge is 2.87. The van der Waals surface area contributed by atoms with Crippen molar-refractivity contribution < 1.29 is 57.9 Å². The lowest BCUT2D eigenvalue weighted by molar-refractivity contribution is -0.228. The van der Waals surface area contributed by atoms with Crippen LogP contribution < -0.4 is 9.47 Å². The maximum Gasteiger partial charge on any atom is 0.310 e. The molecule has 2 fully saturated rings. The second-order valence-electron chi connectivity index (χ2n) is 15.4. The van der Waals surface area contributed by atoms with Crippen LogP contribution in [0.3, 0.4) is 0 Å². The van der Waals surface area contributed by atoms with Crippen molar-refractivity contribution in [3.8, 4) is 11.5 Å². The Labute approximate surface area is 308 Å². The topological polar surface area (TPSA) is 172 Å². The van der Waals surface area contributed by atoms with E-state index in [0.717, 1.165) is 5.56 Å². The first kappa shape index (κ1) is 37.9. The van der Waals surface area contributed by atoms with Gasteiger partial charge in [-0.1, -0.05) is 69.3 Å². The molecule has 0 spiro atoms. The first-order chi connectivity index (χ1) is 24.9. The highest BCUT2D eigenvalue weighted by molar-refractivity contribution is 6.05. The lowest BCUT2D eigenvalue weighted by Crippen LogP contribution is -2.66. The van der Waals surface area contributed by atoms with Gasteiger partial charge in [0.2, 0.25) is 0 Å². The van der Waals surface area contributed by atoms with E-state index < -0.39 is 81.7 Å². The summed E-state index contributed by atoms with van der Waals surface area (Å²) in [5, 5.41) is 25.4. The van der Waals surface area contributed by atoms with Crippen LogP contribution in [0.15, 0.2) is 71.8 Å². The molecular formula is C41H46O12. The van der Waals surface area contributed by atoms with Crippen LogP contribution in [-0.4, -0.2) is 76.5 Å². The number of methoxy groups -OCH3 is 1. The molecule has 6 rings (SSSR count). The third-order valence-corrected chi connectivity index (χ3v) is 11.8. The minimum Gasteiger partial charge on any atom is -0.493 e. The zero-order chi connectivity index (χ0) is 38.7. The molecule has 0 heterocycles. The first-order valence-corrected chi connectivity index (χ1v) is 17.7. The fourth-order valence-corrected chi connectivity index (χ4v) is 9.45. The number of carbonyl (C=O) groups excluding carboxylic acids is 5. The number of carbonyl (C=O) groups is 5. The molecule has 12 nitrogen and oxygen atoms in total. The lowest BCUT2D eigenvalue weighted by atomic mass is 9.59. The summed E-state index contributed by atoms with van der Waals surface area (Å²) < 4.78 is 28.5. The van der Waals surface area contributed by atoms with Crippen molar-refractivity contribution in [2.45, 2.75) is 83.7 Å². The molecule has 2 aromatic rings. The Kier molecular flexibility index (Phi) is 9.70. The predicted octanol–water partition coefficient (Wildman–Crippen LogP) is 4.02. The maximum absolute atomic E-state index is 13.7. The second kappa shape index (κ2) is 13.6. The Bertz CT molecular complexity index is 1910. The van der Waals surface area contributed by atoms with Gasteiger partial charge in [-0.2, -0.15) is 0 Å². The minimum absolute atomic E-state index is 0.0590. The van der Waals surface area contributed by atoms with E-state index in [1.807, 2.05) is 19.9 Å². The van der Waals surface area contributed by atoms with Gasteiger partial charge in [0.1, 0.15) is 18.3 Å². The van der Waals surface area contributed by atoms with Crippen LogP contribution in [0.4, 0.5) is 0 Å². The first-order valence-electron chi connectivity index (χ1n) is 17.7. The number of aliphatic hydroxyl groups is 2. The van der Waals surface area contributed by atoms with Crippen molar-refractivity contribution in [1.29, 1.82) is 0 Å². The normalized spacial score (nSPS) is 32.0. The van der Waals surface area contributed by atoms with Crippen LogP contribution in [0.2, 0.25) is 0 Å². The lowest BCUT2D eigenvalue weighted by Gasteiger charge is -2.53. The van der Waals surface area contributed by atoms with Crippen LogP contribution in [-0.2, 0) is 51.0 Å². The second-order valence-corrected chi connectivity index (χ2v) is 15.4. The van der Waals surface area contributed by atoms with E-state index in [-0.39, 0.29) is 42.9 Å². The van der Waals surface area contributed by atoms with E-state index in [9.17, 15) is 34.2 Å². The molecule has 282 valence electrons. The van der Waals surface area contributed by atoms with E-state index >= 15 is 0 Å². The molecule has 4 aliphatic carbocycles. The van der Waals surface area contributed by atoms with E-state index in [2.05, 4.69) is 0 Å². The summed E-state index contributed by atoms with van der Waals surface area (Å²) in [7, 11) is 1.41. The number of hydrogen-bond donors (Lipinski definition) is 2. The minimum atomic E-state index is -2.10. The Morgan fingerprint density at radius 1 is 0.887 bits per heavy atom. The monoisotopic (exact) mass is 730 g/mol. The summed E-state index contributed by atoms with van der Waals surface area (Å²) >= 11 is 0. The van der Waals surface area contributed by atoms with Crippen molar-refractivity contribution in [3.05, 3.63) is 83.0 Å². The van der Waals surface area contributed by atoms with Crippen LogP contribution in [0.1, 0.15) is 59.1 Å². The Hall–Kier alpha value is -4.81. The van der Waals surface area contributed by atoms with Gasteiger partial charge >= 0.3 is 23.9 Å². The fraction of sp³-hybridized carbons (Fsp3) is 0.488. The summed E-state index contributed by atoms with van der Waals surface area (Å²) in [5.74, 6) is -5.94. The van der Waals surface area contributed by atoms with Crippen molar-refractivity contribution in [1.82, 2.24) is 0 Å². The average Bonchev–Trinajstić information content (AvgIpc) is 3.51. The summed E-state index contributed by atoms with van der Waals surface area (Å²) in [6.07, 6.45) is 1.74. The van der Waals surface area contributed by atoms with Crippen molar-refractivity contribution in [2.24, 2.45) is 29.1 Å². The fourth-order valence-electron chi connectivity index (χ4n) is 9.45. The SMILES string of the molecule is COc1cc(CC(=O)OCC2=C[C@H]3[C@@H]4C(C)(C)[C@]4(OC(C)=O)[C@H](OC(=O)Cc4ccccc4)[C@@H](C)[C@]3(O)[C@@H]3C=C(C)C(=O)[C@@]3(O)C2)ccc1OC(C)=O. The zero-order valence-corrected chi connectivity index (χ0v) is 31.0. The van der Waals surface area contributed by atoms with Crippen molar-refractivity contribution in [3.63, 3.8) is 0 Å². The van der Waals surface area contributed by atoms with Gasteiger partial charge < -0.3 is 33.9 Å².